The number of pyridine rings is 1. The number of hydrogen-bond donors (Lipinski definition) is 1. The van der Waals surface area contributed by atoms with Crippen LogP contribution in [0.1, 0.15) is 30.1 Å². The van der Waals surface area contributed by atoms with Gasteiger partial charge in [-0.2, -0.15) is 0 Å². The number of rotatable bonds is 7. The molecule has 0 aliphatic heterocycles. The highest BCUT2D eigenvalue weighted by molar-refractivity contribution is 5.93. The van der Waals surface area contributed by atoms with Crippen molar-refractivity contribution in [2.45, 2.75) is 26.3 Å². The average molecular weight is 396 g/mol. The summed E-state index contributed by atoms with van der Waals surface area (Å²) in [5, 5.41) is 2.95. The molecule has 0 saturated carbocycles. The lowest BCUT2D eigenvalue weighted by Crippen LogP contribution is -2.20. The molecule has 150 valence electrons. The Morgan fingerprint density at radius 3 is 2.59 bits per heavy atom. The van der Waals surface area contributed by atoms with E-state index in [-0.39, 0.29) is 23.3 Å². The maximum absolute atomic E-state index is 13.4. The highest BCUT2D eigenvalue weighted by atomic mass is 19.1. The van der Waals surface area contributed by atoms with Gasteiger partial charge in [-0.25, -0.2) is 9.18 Å². The van der Waals surface area contributed by atoms with Crippen LogP contribution in [-0.2, 0) is 16.1 Å². The smallest absolute Gasteiger partial charge is 0.338 e. The molecule has 0 aliphatic rings. The molecule has 0 bridgehead atoms. The highest BCUT2D eigenvalue weighted by Gasteiger charge is 2.10. The van der Waals surface area contributed by atoms with Gasteiger partial charge in [0, 0.05) is 23.3 Å². The van der Waals surface area contributed by atoms with E-state index in [1.54, 1.807) is 28.8 Å². The summed E-state index contributed by atoms with van der Waals surface area (Å²) in [5.74, 6) is -1.23. The van der Waals surface area contributed by atoms with Gasteiger partial charge in [0.05, 0.1) is 17.7 Å². The first kappa shape index (κ1) is 20.3. The molecule has 6 nitrogen and oxygen atoms in total. The fourth-order valence-electron chi connectivity index (χ4n) is 2.86. The minimum absolute atomic E-state index is 0.0524. The number of hydrogen-bond acceptors (Lipinski definition) is 4. The van der Waals surface area contributed by atoms with Crippen LogP contribution in [0, 0.1) is 5.82 Å². The zero-order valence-corrected chi connectivity index (χ0v) is 16.0. The van der Waals surface area contributed by atoms with Crippen molar-refractivity contribution in [3.8, 4) is 0 Å². The number of halogens is 1. The maximum Gasteiger partial charge on any atom is 0.338 e. The Balaban J connectivity index is 1.67. The van der Waals surface area contributed by atoms with Crippen molar-refractivity contribution in [3.05, 3.63) is 76.3 Å². The molecular weight excluding hydrogens is 375 g/mol. The summed E-state index contributed by atoms with van der Waals surface area (Å²) in [6, 6.07) is 11.6. The second-order valence-electron chi connectivity index (χ2n) is 6.58. The van der Waals surface area contributed by atoms with Crippen LogP contribution in [0.5, 0.6) is 0 Å². The highest BCUT2D eigenvalue weighted by Crippen LogP contribution is 2.14. The van der Waals surface area contributed by atoms with Gasteiger partial charge in [-0.3, -0.25) is 9.59 Å². The normalized spacial score (nSPS) is 10.7. The third kappa shape index (κ3) is 5.07. The standard InChI is InChI=1S/C22H21FN2O4/c1-2-3-12-29-22(28)15-4-7-17(8-5-15)24-21(27)14-25-11-10-20(26)18-13-16(23)6-9-19(18)25/h4-11,13H,2-3,12,14H2,1H3,(H,24,27). The number of carbonyl (C=O) groups excluding carboxylic acids is 2. The van der Waals surface area contributed by atoms with Crippen molar-refractivity contribution in [1.29, 1.82) is 0 Å². The van der Waals surface area contributed by atoms with Gasteiger partial charge in [-0.05, 0) is 48.9 Å². The Kier molecular flexibility index (Phi) is 6.39. The van der Waals surface area contributed by atoms with Crippen LogP contribution in [-0.4, -0.2) is 23.1 Å². The Hall–Kier alpha value is -3.48. The average Bonchev–Trinajstić information content (AvgIpc) is 2.71. The monoisotopic (exact) mass is 396 g/mol. The molecule has 29 heavy (non-hydrogen) atoms. The number of aromatic nitrogens is 1. The Bertz CT molecular complexity index is 1090. The number of benzene rings is 2. The number of unbranched alkanes of at least 4 members (excludes halogenated alkanes) is 1. The van der Waals surface area contributed by atoms with Crippen LogP contribution in [0.3, 0.4) is 0 Å². The van der Waals surface area contributed by atoms with Gasteiger partial charge in [0.15, 0.2) is 5.43 Å². The van der Waals surface area contributed by atoms with E-state index >= 15 is 0 Å². The van der Waals surface area contributed by atoms with Gasteiger partial charge in [0.1, 0.15) is 12.4 Å². The lowest BCUT2D eigenvalue weighted by molar-refractivity contribution is -0.116. The zero-order valence-electron chi connectivity index (χ0n) is 16.0. The van der Waals surface area contributed by atoms with E-state index in [1.165, 1.54) is 24.4 Å². The van der Waals surface area contributed by atoms with Crippen LogP contribution in [0.15, 0.2) is 59.5 Å². The van der Waals surface area contributed by atoms with Crippen molar-refractivity contribution in [2.75, 3.05) is 11.9 Å². The first-order valence-corrected chi connectivity index (χ1v) is 9.33. The van der Waals surface area contributed by atoms with E-state index in [4.69, 9.17) is 4.74 Å². The van der Waals surface area contributed by atoms with Crippen LogP contribution in [0.25, 0.3) is 10.9 Å². The first-order valence-electron chi connectivity index (χ1n) is 9.33. The van der Waals surface area contributed by atoms with Crippen molar-refractivity contribution in [3.63, 3.8) is 0 Å². The summed E-state index contributed by atoms with van der Waals surface area (Å²) in [5.41, 5.74) is 1.10. The van der Waals surface area contributed by atoms with Crippen LogP contribution >= 0.6 is 0 Å². The third-order valence-corrected chi connectivity index (χ3v) is 4.39. The summed E-state index contributed by atoms with van der Waals surface area (Å²) in [7, 11) is 0. The number of carbonyl (C=O) groups is 2. The largest absolute Gasteiger partial charge is 0.462 e. The van der Waals surface area contributed by atoms with E-state index in [9.17, 15) is 18.8 Å². The van der Waals surface area contributed by atoms with Gasteiger partial charge in [0.25, 0.3) is 0 Å². The molecule has 0 atom stereocenters. The third-order valence-electron chi connectivity index (χ3n) is 4.39. The van der Waals surface area contributed by atoms with Crippen LogP contribution in [0.2, 0.25) is 0 Å². The van der Waals surface area contributed by atoms with E-state index in [1.807, 2.05) is 6.92 Å². The summed E-state index contributed by atoms with van der Waals surface area (Å²) in [6.07, 6.45) is 3.25. The molecule has 0 radical (unpaired) electrons. The van der Waals surface area contributed by atoms with Crippen molar-refractivity contribution in [1.82, 2.24) is 4.57 Å². The molecule has 2 aromatic carbocycles. The van der Waals surface area contributed by atoms with Crippen molar-refractivity contribution < 1.29 is 18.7 Å². The molecule has 0 saturated heterocycles. The van der Waals surface area contributed by atoms with Gasteiger partial charge in [-0.15, -0.1) is 0 Å². The lowest BCUT2D eigenvalue weighted by Gasteiger charge is -2.11. The minimum atomic E-state index is -0.509. The molecular formula is C22H21FN2O4. The minimum Gasteiger partial charge on any atom is -0.462 e. The number of nitrogens with zero attached hydrogens (tertiary/aromatic N) is 1. The molecule has 0 spiro atoms. The van der Waals surface area contributed by atoms with Crippen LogP contribution in [0.4, 0.5) is 10.1 Å². The Morgan fingerprint density at radius 2 is 1.86 bits per heavy atom. The maximum atomic E-state index is 13.4. The van der Waals surface area contributed by atoms with E-state index in [2.05, 4.69) is 5.32 Å². The van der Waals surface area contributed by atoms with Crippen molar-refractivity contribution in [2.24, 2.45) is 0 Å². The number of anilines is 1. The molecule has 1 N–H and O–H groups in total. The molecule has 1 aromatic heterocycles. The topological polar surface area (TPSA) is 77.4 Å². The van der Waals surface area contributed by atoms with E-state index in [0.717, 1.165) is 18.9 Å². The van der Waals surface area contributed by atoms with Gasteiger partial charge >= 0.3 is 5.97 Å². The fourth-order valence-corrected chi connectivity index (χ4v) is 2.86. The SMILES string of the molecule is CCCCOC(=O)c1ccc(NC(=O)Cn2ccc(=O)c3cc(F)ccc32)cc1. The predicted molar refractivity (Wildman–Crippen MR) is 108 cm³/mol. The number of nitrogens with one attached hydrogen (secondary N) is 1. The number of amides is 1. The number of fused-ring (bicyclic) bond motifs is 1. The van der Waals surface area contributed by atoms with Crippen molar-refractivity contribution >= 4 is 28.5 Å². The predicted octanol–water partition coefficient (Wildman–Crippen LogP) is 3.74. The molecule has 7 heteroatoms. The lowest BCUT2D eigenvalue weighted by atomic mass is 10.2. The molecule has 1 amide bonds. The summed E-state index contributed by atoms with van der Waals surface area (Å²) in [4.78, 5) is 36.2. The molecule has 0 aliphatic carbocycles. The van der Waals surface area contributed by atoms with Crippen LogP contribution < -0.4 is 10.7 Å². The molecule has 3 aromatic rings. The molecule has 0 unspecified atom stereocenters. The Labute approximate surface area is 166 Å². The van der Waals surface area contributed by atoms with E-state index in [0.29, 0.717) is 23.4 Å². The van der Waals surface area contributed by atoms with Gasteiger partial charge in [-0.1, -0.05) is 13.3 Å². The number of esters is 1. The summed E-state index contributed by atoms with van der Waals surface area (Å²) < 4.78 is 20.1. The molecule has 3 rings (SSSR count). The number of ether oxygens (including phenoxy) is 1. The summed E-state index contributed by atoms with van der Waals surface area (Å²) >= 11 is 0. The first-order chi connectivity index (χ1) is 14.0. The fraction of sp³-hybridized carbons (Fsp3) is 0.227. The molecule has 0 fully saturated rings. The zero-order chi connectivity index (χ0) is 20.8. The van der Waals surface area contributed by atoms with Gasteiger partial charge in [0.2, 0.25) is 5.91 Å². The molecule has 1 heterocycles. The Morgan fingerprint density at radius 1 is 1.10 bits per heavy atom. The second-order valence-corrected chi connectivity index (χ2v) is 6.58. The quantitative estimate of drug-likeness (QED) is 0.488. The summed E-state index contributed by atoms with van der Waals surface area (Å²) in [6.45, 7) is 2.34. The second kappa shape index (κ2) is 9.14. The van der Waals surface area contributed by atoms with Gasteiger partial charge < -0.3 is 14.6 Å². The van der Waals surface area contributed by atoms with E-state index < -0.39 is 11.8 Å².